The molecule has 24 heavy (non-hydrogen) atoms. The van der Waals surface area contributed by atoms with Crippen molar-refractivity contribution >= 4 is 5.91 Å². The van der Waals surface area contributed by atoms with Crippen LogP contribution in [0.15, 0.2) is 24.3 Å². The van der Waals surface area contributed by atoms with Crippen LogP contribution in [0.5, 0.6) is 5.75 Å². The lowest BCUT2D eigenvalue weighted by molar-refractivity contribution is -0.141. The molecule has 0 bridgehead atoms. The molecule has 1 amide bonds. The Bertz CT molecular complexity index is 524. The first-order chi connectivity index (χ1) is 11.5. The predicted octanol–water partition coefficient (Wildman–Crippen LogP) is 3.57. The summed E-state index contributed by atoms with van der Waals surface area (Å²) in [6.45, 7) is 11.1. The van der Waals surface area contributed by atoms with Crippen molar-refractivity contribution in [1.82, 2.24) is 10.2 Å². The van der Waals surface area contributed by atoms with Crippen LogP contribution in [0.25, 0.3) is 0 Å². The van der Waals surface area contributed by atoms with E-state index >= 15 is 0 Å². The molecule has 1 aliphatic heterocycles. The van der Waals surface area contributed by atoms with E-state index < -0.39 is 6.10 Å². The van der Waals surface area contributed by atoms with Crippen molar-refractivity contribution in [1.29, 1.82) is 0 Å². The van der Waals surface area contributed by atoms with E-state index in [4.69, 9.17) is 4.74 Å². The fraction of sp³-hybridized carbons (Fsp3) is 0.650. The number of rotatable bonds is 7. The maximum atomic E-state index is 12.9. The van der Waals surface area contributed by atoms with Crippen LogP contribution >= 0.6 is 0 Å². The van der Waals surface area contributed by atoms with Gasteiger partial charge in [0.25, 0.3) is 5.91 Å². The molecule has 134 valence electrons. The Morgan fingerprint density at radius 3 is 2.62 bits per heavy atom. The molecule has 4 nitrogen and oxygen atoms in total. The van der Waals surface area contributed by atoms with Gasteiger partial charge in [-0.2, -0.15) is 0 Å². The van der Waals surface area contributed by atoms with Crippen molar-refractivity contribution < 1.29 is 9.53 Å². The van der Waals surface area contributed by atoms with Gasteiger partial charge in [-0.15, -0.1) is 0 Å². The molecule has 1 aliphatic rings. The minimum Gasteiger partial charge on any atom is -0.481 e. The summed E-state index contributed by atoms with van der Waals surface area (Å²) in [5.41, 5.74) is 1.23. The number of amides is 1. The fourth-order valence-electron chi connectivity index (χ4n) is 3.27. The van der Waals surface area contributed by atoms with Crippen LogP contribution in [0.2, 0.25) is 0 Å². The van der Waals surface area contributed by atoms with Gasteiger partial charge in [-0.25, -0.2) is 0 Å². The minimum atomic E-state index is -0.450. The number of nitrogens with zero attached hydrogens (tertiary/aromatic N) is 1. The highest BCUT2D eigenvalue weighted by atomic mass is 16.5. The smallest absolute Gasteiger partial charge is 0.263 e. The fourth-order valence-corrected chi connectivity index (χ4v) is 3.27. The standard InChI is InChI=1S/C20H32N2O2/c1-5-13-22(18-9-11-21-12-10-18)20(23)16(4)24-19-8-6-7-17(14-19)15(2)3/h6-8,14-16,18,21H,5,9-13H2,1-4H3. The lowest BCUT2D eigenvalue weighted by Crippen LogP contribution is -2.50. The monoisotopic (exact) mass is 332 g/mol. The highest BCUT2D eigenvalue weighted by Crippen LogP contribution is 2.22. The Labute approximate surface area is 146 Å². The number of benzene rings is 1. The van der Waals surface area contributed by atoms with Gasteiger partial charge >= 0.3 is 0 Å². The third-order valence-corrected chi connectivity index (χ3v) is 4.68. The maximum absolute atomic E-state index is 12.9. The Morgan fingerprint density at radius 2 is 2.00 bits per heavy atom. The average molecular weight is 332 g/mol. The van der Waals surface area contributed by atoms with Crippen LogP contribution < -0.4 is 10.1 Å². The highest BCUT2D eigenvalue weighted by Gasteiger charge is 2.28. The summed E-state index contributed by atoms with van der Waals surface area (Å²) in [5, 5.41) is 3.37. The molecule has 1 heterocycles. The van der Waals surface area contributed by atoms with Crippen LogP contribution in [0.4, 0.5) is 0 Å². The Hall–Kier alpha value is -1.55. The SMILES string of the molecule is CCCN(C(=O)C(C)Oc1cccc(C(C)C)c1)C1CCNCC1. The number of ether oxygens (including phenoxy) is 1. The van der Waals surface area contributed by atoms with E-state index in [0.29, 0.717) is 12.0 Å². The molecule has 2 rings (SSSR count). The van der Waals surface area contributed by atoms with Crippen molar-refractivity contribution in [2.75, 3.05) is 19.6 Å². The average Bonchev–Trinajstić information content (AvgIpc) is 2.60. The molecule has 1 unspecified atom stereocenters. The third kappa shape index (κ3) is 4.97. The van der Waals surface area contributed by atoms with Crippen molar-refractivity contribution in [3.05, 3.63) is 29.8 Å². The number of piperidine rings is 1. The van der Waals surface area contributed by atoms with Crippen molar-refractivity contribution in [3.8, 4) is 5.75 Å². The van der Waals surface area contributed by atoms with Gasteiger partial charge in [-0.05, 0) is 62.9 Å². The molecule has 1 atom stereocenters. The molecule has 0 aromatic heterocycles. The third-order valence-electron chi connectivity index (χ3n) is 4.68. The topological polar surface area (TPSA) is 41.6 Å². The molecule has 1 saturated heterocycles. The molecule has 4 heteroatoms. The number of hydrogen-bond acceptors (Lipinski definition) is 3. The number of carbonyl (C=O) groups is 1. The first kappa shape index (κ1) is 18.8. The number of carbonyl (C=O) groups excluding carboxylic acids is 1. The molecule has 0 aliphatic carbocycles. The van der Waals surface area contributed by atoms with Gasteiger partial charge in [0.2, 0.25) is 0 Å². The largest absolute Gasteiger partial charge is 0.481 e. The van der Waals surface area contributed by atoms with Crippen LogP contribution in [-0.2, 0) is 4.79 Å². The Balaban J connectivity index is 2.04. The zero-order valence-electron chi connectivity index (χ0n) is 15.5. The summed E-state index contributed by atoms with van der Waals surface area (Å²) in [6.07, 6.45) is 2.59. The van der Waals surface area contributed by atoms with Gasteiger partial charge in [0.05, 0.1) is 0 Å². The lowest BCUT2D eigenvalue weighted by atomic mass is 10.0. The molecular formula is C20H32N2O2. The molecule has 1 aromatic rings. The van der Waals surface area contributed by atoms with Gasteiger partial charge in [-0.3, -0.25) is 4.79 Å². The van der Waals surface area contributed by atoms with E-state index in [9.17, 15) is 4.79 Å². The highest BCUT2D eigenvalue weighted by molar-refractivity contribution is 5.81. The molecule has 1 N–H and O–H groups in total. The number of hydrogen-bond donors (Lipinski definition) is 1. The van der Waals surface area contributed by atoms with Gasteiger partial charge in [0.15, 0.2) is 6.10 Å². The summed E-state index contributed by atoms with van der Waals surface area (Å²) in [7, 11) is 0. The summed E-state index contributed by atoms with van der Waals surface area (Å²) in [4.78, 5) is 15.0. The lowest BCUT2D eigenvalue weighted by Gasteiger charge is -2.36. The number of nitrogens with one attached hydrogen (secondary N) is 1. The first-order valence-electron chi connectivity index (χ1n) is 9.30. The second-order valence-electron chi connectivity index (χ2n) is 7.00. The Morgan fingerprint density at radius 1 is 1.29 bits per heavy atom. The van der Waals surface area contributed by atoms with Crippen molar-refractivity contribution in [2.45, 2.75) is 65.0 Å². The zero-order valence-corrected chi connectivity index (χ0v) is 15.5. The normalized spacial score (nSPS) is 16.9. The first-order valence-corrected chi connectivity index (χ1v) is 9.30. The zero-order chi connectivity index (χ0) is 17.5. The summed E-state index contributed by atoms with van der Waals surface area (Å²) < 4.78 is 5.98. The van der Waals surface area contributed by atoms with Crippen LogP contribution in [0.1, 0.15) is 58.4 Å². The van der Waals surface area contributed by atoms with Gasteiger partial charge in [0, 0.05) is 12.6 Å². The molecule has 0 saturated carbocycles. The maximum Gasteiger partial charge on any atom is 0.263 e. The van der Waals surface area contributed by atoms with Crippen LogP contribution in [0.3, 0.4) is 0 Å². The summed E-state index contributed by atoms with van der Waals surface area (Å²) >= 11 is 0. The second-order valence-corrected chi connectivity index (χ2v) is 7.00. The van der Waals surface area contributed by atoms with E-state index in [1.54, 1.807) is 0 Å². The van der Waals surface area contributed by atoms with Crippen molar-refractivity contribution in [2.24, 2.45) is 0 Å². The minimum absolute atomic E-state index is 0.110. The quantitative estimate of drug-likeness (QED) is 0.830. The van der Waals surface area contributed by atoms with Gasteiger partial charge < -0.3 is 15.0 Å². The van der Waals surface area contributed by atoms with E-state index in [2.05, 4.69) is 32.2 Å². The summed E-state index contributed by atoms with van der Waals surface area (Å²) in [6, 6.07) is 8.42. The molecule has 1 fully saturated rings. The molecule has 1 aromatic carbocycles. The van der Waals surface area contributed by atoms with E-state index in [1.807, 2.05) is 30.0 Å². The van der Waals surface area contributed by atoms with E-state index in [-0.39, 0.29) is 5.91 Å². The van der Waals surface area contributed by atoms with E-state index in [0.717, 1.165) is 44.6 Å². The predicted molar refractivity (Wildman–Crippen MR) is 98.5 cm³/mol. The van der Waals surface area contributed by atoms with Crippen LogP contribution in [-0.4, -0.2) is 42.6 Å². The van der Waals surface area contributed by atoms with Gasteiger partial charge in [0.1, 0.15) is 5.75 Å². The van der Waals surface area contributed by atoms with Crippen LogP contribution in [0, 0.1) is 0 Å². The van der Waals surface area contributed by atoms with Gasteiger partial charge in [-0.1, -0.05) is 32.9 Å². The summed E-state index contributed by atoms with van der Waals surface area (Å²) in [5.74, 6) is 1.34. The molecule has 0 spiro atoms. The molecular weight excluding hydrogens is 300 g/mol. The second kappa shape index (κ2) is 9.07. The Kier molecular flexibility index (Phi) is 7.10. The van der Waals surface area contributed by atoms with E-state index in [1.165, 1.54) is 5.56 Å². The van der Waals surface area contributed by atoms with Crippen molar-refractivity contribution in [3.63, 3.8) is 0 Å². The molecule has 0 radical (unpaired) electrons.